The SMILES string of the molecule is CNCCc1ccccc1C(=O)N(C)CC(C)C(=O)OC. The number of amides is 1. The summed E-state index contributed by atoms with van der Waals surface area (Å²) in [6.45, 7) is 2.90. The van der Waals surface area contributed by atoms with Crippen molar-refractivity contribution in [3.05, 3.63) is 35.4 Å². The van der Waals surface area contributed by atoms with Gasteiger partial charge in [0.1, 0.15) is 0 Å². The lowest BCUT2D eigenvalue weighted by Crippen LogP contribution is -2.34. The molecule has 0 radical (unpaired) electrons. The van der Waals surface area contributed by atoms with Crippen LogP contribution in [0.15, 0.2) is 24.3 Å². The average Bonchev–Trinajstić information content (AvgIpc) is 2.51. The zero-order valence-electron chi connectivity index (χ0n) is 13.2. The number of rotatable bonds is 7. The highest BCUT2D eigenvalue weighted by Gasteiger charge is 2.20. The minimum absolute atomic E-state index is 0.0718. The number of nitrogens with one attached hydrogen (secondary N) is 1. The summed E-state index contributed by atoms with van der Waals surface area (Å²) in [5.74, 6) is -0.719. The Morgan fingerprint density at radius 2 is 2.00 bits per heavy atom. The third-order valence-corrected chi connectivity index (χ3v) is 3.39. The molecule has 5 nitrogen and oxygen atoms in total. The molecule has 1 aromatic rings. The van der Waals surface area contributed by atoms with E-state index in [0.717, 1.165) is 18.5 Å². The molecule has 0 aliphatic heterocycles. The van der Waals surface area contributed by atoms with Crippen molar-refractivity contribution in [3.63, 3.8) is 0 Å². The summed E-state index contributed by atoms with van der Waals surface area (Å²) in [6, 6.07) is 7.57. The molecule has 0 fully saturated rings. The molecular formula is C16H24N2O3. The molecule has 0 aromatic heterocycles. The molecule has 0 saturated carbocycles. The largest absolute Gasteiger partial charge is 0.469 e. The van der Waals surface area contributed by atoms with Crippen molar-refractivity contribution in [2.45, 2.75) is 13.3 Å². The number of carbonyl (C=O) groups is 2. The topological polar surface area (TPSA) is 58.6 Å². The van der Waals surface area contributed by atoms with Crippen LogP contribution in [-0.2, 0) is 16.0 Å². The lowest BCUT2D eigenvalue weighted by atomic mass is 10.0. The first kappa shape index (κ1) is 17.2. The van der Waals surface area contributed by atoms with E-state index in [1.165, 1.54) is 7.11 Å². The molecule has 21 heavy (non-hydrogen) atoms. The number of nitrogens with zero attached hydrogens (tertiary/aromatic N) is 1. The monoisotopic (exact) mass is 292 g/mol. The van der Waals surface area contributed by atoms with E-state index in [0.29, 0.717) is 12.1 Å². The Morgan fingerprint density at radius 3 is 2.62 bits per heavy atom. The number of esters is 1. The van der Waals surface area contributed by atoms with Gasteiger partial charge in [-0.15, -0.1) is 0 Å². The number of ether oxygens (including phenoxy) is 1. The van der Waals surface area contributed by atoms with Gasteiger partial charge in [0, 0.05) is 19.2 Å². The Hall–Kier alpha value is -1.88. The van der Waals surface area contributed by atoms with E-state index >= 15 is 0 Å². The van der Waals surface area contributed by atoms with Gasteiger partial charge in [0.05, 0.1) is 13.0 Å². The summed E-state index contributed by atoms with van der Waals surface area (Å²) in [4.78, 5) is 25.5. The standard InChI is InChI=1S/C16H24N2O3/c1-12(16(20)21-4)11-18(3)15(19)14-8-6-5-7-13(14)9-10-17-2/h5-8,12,17H,9-11H2,1-4H3. The van der Waals surface area contributed by atoms with Gasteiger partial charge in [-0.2, -0.15) is 0 Å². The van der Waals surface area contributed by atoms with Gasteiger partial charge in [0.15, 0.2) is 0 Å². The Bertz CT molecular complexity index is 488. The Labute approximate surface area is 126 Å². The molecule has 1 rings (SSSR count). The predicted octanol–water partition coefficient (Wildman–Crippen LogP) is 1.33. The maximum absolute atomic E-state index is 12.5. The lowest BCUT2D eigenvalue weighted by Gasteiger charge is -2.21. The van der Waals surface area contributed by atoms with Crippen molar-refractivity contribution >= 4 is 11.9 Å². The maximum Gasteiger partial charge on any atom is 0.310 e. The molecule has 116 valence electrons. The first-order valence-corrected chi connectivity index (χ1v) is 7.07. The number of hydrogen-bond donors (Lipinski definition) is 1. The van der Waals surface area contributed by atoms with Crippen LogP contribution in [0, 0.1) is 5.92 Å². The number of methoxy groups -OCH3 is 1. The van der Waals surface area contributed by atoms with Crippen LogP contribution in [0.3, 0.4) is 0 Å². The van der Waals surface area contributed by atoms with Gasteiger partial charge in [0.25, 0.3) is 5.91 Å². The van der Waals surface area contributed by atoms with Crippen LogP contribution in [0.4, 0.5) is 0 Å². The van der Waals surface area contributed by atoms with Crippen molar-refractivity contribution in [2.75, 3.05) is 34.3 Å². The van der Waals surface area contributed by atoms with Crippen LogP contribution in [0.2, 0.25) is 0 Å². The summed E-state index contributed by atoms with van der Waals surface area (Å²) < 4.78 is 4.69. The fourth-order valence-corrected chi connectivity index (χ4v) is 2.18. The molecular weight excluding hydrogens is 268 g/mol. The highest BCUT2D eigenvalue weighted by molar-refractivity contribution is 5.95. The second-order valence-corrected chi connectivity index (χ2v) is 5.12. The first-order chi connectivity index (χ1) is 10.0. The molecule has 1 N–H and O–H groups in total. The van der Waals surface area contributed by atoms with Crippen molar-refractivity contribution in [2.24, 2.45) is 5.92 Å². The van der Waals surface area contributed by atoms with Crippen LogP contribution in [0.1, 0.15) is 22.8 Å². The number of benzene rings is 1. The summed E-state index contributed by atoms with van der Waals surface area (Å²) in [6.07, 6.45) is 0.790. The van der Waals surface area contributed by atoms with E-state index in [9.17, 15) is 9.59 Å². The van der Waals surface area contributed by atoms with Gasteiger partial charge < -0.3 is 15.0 Å². The number of hydrogen-bond acceptors (Lipinski definition) is 4. The van der Waals surface area contributed by atoms with Crippen molar-refractivity contribution in [1.82, 2.24) is 10.2 Å². The van der Waals surface area contributed by atoms with Crippen LogP contribution in [-0.4, -0.2) is 51.1 Å². The van der Waals surface area contributed by atoms with Crippen molar-refractivity contribution < 1.29 is 14.3 Å². The average molecular weight is 292 g/mol. The number of carbonyl (C=O) groups excluding carboxylic acids is 2. The molecule has 0 aliphatic rings. The highest BCUT2D eigenvalue weighted by Crippen LogP contribution is 2.13. The fraction of sp³-hybridized carbons (Fsp3) is 0.500. The summed E-state index contributed by atoms with van der Waals surface area (Å²) in [7, 11) is 4.94. The molecule has 0 aliphatic carbocycles. The third kappa shape index (κ3) is 4.86. The lowest BCUT2D eigenvalue weighted by molar-refractivity contribution is -0.145. The zero-order chi connectivity index (χ0) is 15.8. The van der Waals surface area contributed by atoms with E-state index in [-0.39, 0.29) is 17.8 Å². The molecule has 1 atom stereocenters. The van der Waals surface area contributed by atoms with Crippen molar-refractivity contribution in [1.29, 1.82) is 0 Å². The van der Waals surface area contributed by atoms with Crippen molar-refractivity contribution in [3.8, 4) is 0 Å². The van der Waals surface area contributed by atoms with E-state index in [1.807, 2.05) is 31.3 Å². The molecule has 1 aromatic carbocycles. The van der Waals surface area contributed by atoms with E-state index in [4.69, 9.17) is 4.74 Å². The minimum Gasteiger partial charge on any atom is -0.469 e. The normalized spacial score (nSPS) is 11.8. The fourth-order valence-electron chi connectivity index (χ4n) is 2.18. The summed E-state index contributed by atoms with van der Waals surface area (Å²) >= 11 is 0. The molecule has 0 heterocycles. The second-order valence-electron chi connectivity index (χ2n) is 5.12. The van der Waals surface area contributed by atoms with Crippen LogP contribution >= 0.6 is 0 Å². The van der Waals surface area contributed by atoms with Gasteiger partial charge in [-0.05, 0) is 31.6 Å². The molecule has 0 spiro atoms. The smallest absolute Gasteiger partial charge is 0.310 e. The van der Waals surface area contributed by atoms with E-state index in [2.05, 4.69) is 5.32 Å². The third-order valence-electron chi connectivity index (χ3n) is 3.39. The quantitative estimate of drug-likeness (QED) is 0.770. The molecule has 1 unspecified atom stereocenters. The van der Waals surface area contributed by atoms with Gasteiger partial charge in [0.2, 0.25) is 0 Å². The Kier molecular flexibility index (Phi) is 6.88. The Morgan fingerprint density at radius 1 is 1.33 bits per heavy atom. The van der Waals surface area contributed by atoms with Crippen LogP contribution in [0.5, 0.6) is 0 Å². The number of likely N-dealkylation sites (N-methyl/N-ethyl adjacent to an activating group) is 1. The van der Waals surface area contributed by atoms with Gasteiger partial charge in [-0.3, -0.25) is 9.59 Å². The van der Waals surface area contributed by atoms with Gasteiger partial charge >= 0.3 is 5.97 Å². The molecule has 0 saturated heterocycles. The Balaban J connectivity index is 2.80. The first-order valence-electron chi connectivity index (χ1n) is 7.07. The van der Waals surface area contributed by atoms with Crippen LogP contribution < -0.4 is 5.32 Å². The summed E-state index contributed by atoms with van der Waals surface area (Å²) in [5, 5.41) is 3.08. The molecule has 0 bridgehead atoms. The zero-order valence-corrected chi connectivity index (χ0v) is 13.2. The van der Waals surface area contributed by atoms with Gasteiger partial charge in [-0.25, -0.2) is 0 Å². The maximum atomic E-state index is 12.5. The van der Waals surface area contributed by atoms with Gasteiger partial charge in [-0.1, -0.05) is 25.1 Å². The van der Waals surface area contributed by atoms with E-state index in [1.54, 1.807) is 18.9 Å². The highest BCUT2D eigenvalue weighted by atomic mass is 16.5. The second kappa shape index (κ2) is 8.42. The predicted molar refractivity (Wildman–Crippen MR) is 82.2 cm³/mol. The minimum atomic E-state index is -0.339. The molecule has 5 heteroatoms. The van der Waals surface area contributed by atoms with Crippen LogP contribution in [0.25, 0.3) is 0 Å². The molecule has 1 amide bonds. The van der Waals surface area contributed by atoms with E-state index < -0.39 is 0 Å². The summed E-state index contributed by atoms with van der Waals surface area (Å²) in [5.41, 5.74) is 1.70.